The van der Waals surface area contributed by atoms with Crippen molar-refractivity contribution < 1.29 is 4.74 Å². The van der Waals surface area contributed by atoms with Crippen LogP contribution in [0.15, 0.2) is 48.5 Å². The maximum atomic E-state index is 5.96. The highest BCUT2D eigenvalue weighted by Gasteiger charge is 2.19. The summed E-state index contributed by atoms with van der Waals surface area (Å²) < 4.78 is 5.96. The molecule has 0 unspecified atom stereocenters. The van der Waals surface area contributed by atoms with E-state index in [0.717, 1.165) is 30.6 Å². The molecule has 1 fully saturated rings. The first-order chi connectivity index (χ1) is 15.3. The molecule has 0 aliphatic heterocycles. The van der Waals surface area contributed by atoms with Crippen LogP contribution in [0, 0.1) is 5.92 Å². The maximum Gasteiger partial charge on any atom is 0.119 e. The molecule has 2 aromatic carbocycles. The van der Waals surface area contributed by atoms with Crippen molar-refractivity contribution in [2.45, 2.75) is 103 Å². The number of benzene rings is 2. The second-order valence-electron chi connectivity index (χ2n) is 9.78. The smallest absolute Gasteiger partial charge is 0.119 e. The summed E-state index contributed by atoms with van der Waals surface area (Å²) in [6.45, 7) is 5.51. The van der Waals surface area contributed by atoms with Gasteiger partial charge in [0, 0.05) is 0 Å². The Morgan fingerprint density at radius 3 is 1.74 bits per heavy atom. The predicted octanol–water partition coefficient (Wildman–Crippen LogP) is 9.56. The molecule has 31 heavy (non-hydrogen) atoms. The van der Waals surface area contributed by atoms with Crippen molar-refractivity contribution in [3.8, 4) is 16.9 Å². The lowest BCUT2D eigenvalue weighted by molar-refractivity contribution is 0.304. The highest BCUT2D eigenvalue weighted by atomic mass is 16.5. The van der Waals surface area contributed by atoms with E-state index in [-0.39, 0.29) is 0 Å². The van der Waals surface area contributed by atoms with Crippen LogP contribution in [0.5, 0.6) is 5.75 Å². The van der Waals surface area contributed by atoms with Gasteiger partial charge in [0.25, 0.3) is 0 Å². The third-order valence-electron chi connectivity index (χ3n) is 7.10. The van der Waals surface area contributed by atoms with Gasteiger partial charge in [-0.05, 0) is 59.9 Å². The van der Waals surface area contributed by atoms with Gasteiger partial charge >= 0.3 is 0 Å². The first-order valence-electron chi connectivity index (χ1n) is 13.1. The summed E-state index contributed by atoms with van der Waals surface area (Å²) in [5, 5.41) is 0. The van der Waals surface area contributed by atoms with E-state index in [1.165, 1.54) is 93.7 Å². The van der Waals surface area contributed by atoms with Crippen LogP contribution in [0.1, 0.15) is 109 Å². The zero-order valence-electron chi connectivity index (χ0n) is 20.1. The number of ether oxygens (including phenoxy) is 1. The van der Waals surface area contributed by atoms with Crippen molar-refractivity contribution in [3.63, 3.8) is 0 Å². The molecule has 0 heterocycles. The molecule has 0 saturated heterocycles. The molecule has 0 aromatic heterocycles. The van der Waals surface area contributed by atoms with Gasteiger partial charge in [0.05, 0.1) is 6.61 Å². The lowest BCUT2D eigenvalue weighted by Gasteiger charge is -2.26. The molecule has 1 heteroatoms. The van der Waals surface area contributed by atoms with E-state index in [2.05, 4.69) is 62.4 Å². The molecule has 3 rings (SSSR count). The molecule has 1 nitrogen and oxygen atoms in total. The van der Waals surface area contributed by atoms with Crippen molar-refractivity contribution in [1.82, 2.24) is 0 Å². The van der Waals surface area contributed by atoms with E-state index < -0.39 is 0 Å². The van der Waals surface area contributed by atoms with E-state index in [1.807, 2.05) is 0 Å². The van der Waals surface area contributed by atoms with E-state index in [0.29, 0.717) is 0 Å². The van der Waals surface area contributed by atoms with Crippen molar-refractivity contribution in [2.24, 2.45) is 5.92 Å². The molecule has 0 atom stereocenters. The van der Waals surface area contributed by atoms with Crippen LogP contribution in [0.3, 0.4) is 0 Å². The quantitative estimate of drug-likeness (QED) is 0.293. The molecular formula is C30H44O. The molecule has 0 bridgehead atoms. The molecule has 1 saturated carbocycles. The zero-order chi connectivity index (χ0) is 21.7. The highest BCUT2D eigenvalue weighted by molar-refractivity contribution is 5.64. The second kappa shape index (κ2) is 13.6. The number of hydrogen-bond donors (Lipinski definition) is 0. The van der Waals surface area contributed by atoms with Crippen LogP contribution in [-0.2, 0) is 0 Å². The minimum atomic E-state index is 0.766. The Morgan fingerprint density at radius 1 is 0.645 bits per heavy atom. The Labute approximate surface area is 191 Å². The SMILES string of the molecule is CCCCCCCCCCCOc1ccc(-c2ccc(C3CCC(C)CC3)cc2)cc1. The largest absolute Gasteiger partial charge is 0.494 e. The number of hydrogen-bond acceptors (Lipinski definition) is 1. The van der Waals surface area contributed by atoms with Crippen LogP contribution in [-0.4, -0.2) is 6.61 Å². The van der Waals surface area contributed by atoms with Gasteiger partial charge in [-0.3, -0.25) is 0 Å². The van der Waals surface area contributed by atoms with Gasteiger partial charge < -0.3 is 4.74 Å². The average molecular weight is 421 g/mol. The van der Waals surface area contributed by atoms with Gasteiger partial charge in [-0.15, -0.1) is 0 Å². The lowest BCUT2D eigenvalue weighted by atomic mass is 9.79. The summed E-state index contributed by atoms with van der Waals surface area (Å²) in [6, 6.07) is 17.9. The molecule has 0 radical (unpaired) electrons. The van der Waals surface area contributed by atoms with E-state index in [4.69, 9.17) is 4.74 Å². The molecule has 2 aromatic rings. The number of rotatable bonds is 13. The molecule has 0 amide bonds. The average Bonchev–Trinajstić information content (AvgIpc) is 2.81. The Hall–Kier alpha value is -1.76. The van der Waals surface area contributed by atoms with Crippen LogP contribution >= 0.6 is 0 Å². The van der Waals surface area contributed by atoms with Gasteiger partial charge in [-0.1, -0.05) is 114 Å². The fraction of sp³-hybridized carbons (Fsp3) is 0.600. The fourth-order valence-corrected chi connectivity index (χ4v) is 4.89. The molecule has 0 N–H and O–H groups in total. The van der Waals surface area contributed by atoms with Crippen LogP contribution < -0.4 is 4.74 Å². The van der Waals surface area contributed by atoms with Gasteiger partial charge in [0.1, 0.15) is 5.75 Å². The summed E-state index contributed by atoms with van der Waals surface area (Å²) in [5.41, 5.74) is 4.11. The van der Waals surface area contributed by atoms with E-state index >= 15 is 0 Å². The fourth-order valence-electron chi connectivity index (χ4n) is 4.89. The Morgan fingerprint density at radius 2 is 1.16 bits per heavy atom. The van der Waals surface area contributed by atoms with Crippen molar-refractivity contribution in [1.29, 1.82) is 0 Å². The first-order valence-corrected chi connectivity index (χ1v) is 13.1. The Bertz CT molecular complexity index is 707. The Kier molecular flexibility index (Phi) is 10.5. The van der Waals surface area contributed by atoms with Crippen LogP contribution in [0.25, 0.3) is 11.1 Å². The summed E-state index contributed by atoms with van der Waals surface area (Å²) in [5.74, 6) is 2.68. The lowest BCUT2D eigenvalue weighted by Crippen LogP contribution is -2.10. The molecule has 1 aliphatic rings. The summed E-state index contributed by atoms with van der Waals surface area (Å²) in [7, 11) is 0. The van der Waals surface area contributed by atoms with Gasteiger partial charge in [0.2, 0.25) is 0 Å². The van der Waals surface area contributed by atoms with E-state index in [1.54, 1.807) is 0 Å². The summed E-state index contributed by atoms with van der Waals surface area (Å²) >= 11 is 0. The Balaban J connectivity index is 1.34. The molecular weight excluding hydrogens is 376 g/mol. The van der Waals surface area contributed by atoms with Crippen molar-refractivity contribution in [2.75, 3.05) is 6.61 Å². The summed E-state index contributed by atoms with van der Waals surface area (Å²) in [6.07, 6.45) is 17.6. The normalized spacial score (nSPS) is 18.8. The van der Waals surface area contributed by atoms with Crippen molar-refractivity contribution >= 4 is 0 Å². The van der Waals surface area contributed by atoms with Crippen LogP contribution in [0.4, 0.5) is 0 Å². The standard InChI is InChI=1S/C30H44O/c1-3-4-5-6-7-8-9-10-11-24-31-30-22-20-29(21-23-30)28-18-16-27(17-19-28)26-14-12-25(2)13-15-26/h16-23,25-26H,3-15,24H2,1-2H3. The van der Waals surface area contributed by atoms with Crippen molar-refractivity contribution in [3.05, 3.63) is 54.1 Å². The molecule has 170 valence electrons. The number of unbranched alkanes of at least 4 members (excludes halogenated alkanes) is 8. The summed E-state index contributed by atoms with van der Waals surface area (Å²) in [4.78, 5) is 0. The second-order valence-corrected chi connectivity index (χ2v) is 9.78. The maximum absolute atomic E-state index is 5.96. The first kappa shape index (κ1) is 23.9. The molecule has 0 spiro atoms. The minimum Gasteiger partial charge on any atom is -0.494 e. The van der Waals surface area contributed by atoms with Crippen LogP contribution in [0.2, 0.25) is 0 Å². The predicted molar refractivity (Wildman–Crippen MR) is 135 cm³/mol. The van der Waals surface area contributed by atoms with E-state index in [9.17, 15) is 0 Å². The van der Waals surface area contributed by atoms with Gasteiger partial charge in [0.15, 0.2) is 0 Å². The third-order valence-corrected chi connectivity index (χ3v) is 7.10. The topological polar surface area (TPSA) is 9.23 Å². The minimum absolute atomic E-state index is 0.766. The highest BCUT2D eigenvalue weighted by Crippen LogP contribution is 2.36. The monoisotopic (exact) mass is 420 g/mol. The van der Waals surface area contributed by atoms with Gasteiger partial charge in [-0.2, -0.15) is 0 Å². The van der Waals surface area contributed by atoms with Gasteiger partial charge in [-0.25, -0.2) is 0 Å². The third kappa shape index (κ3) is 8.36. The zero-order valence-corrected chi connectivity index (χ0v) is 20.1. The molecule has 1 aliphatic carbocycles.